The summed E-state index contributed by atoms with van der Waals surface area (Å²) in [7, 11) is 0. The third-order valence-corrected chi connectivity index (χ3v) is 3.21. The van der Waals surface area contributed by atoms with Crippen LogP contribution in [0.2, 0.25) is 0 Å². The second-order valence-electron chi connectivity index (χ2n) is 4.97. The zero-order valence-electron chi connectivity index (χ0n) is 11.7. The zero-order valence-corrected chi connectivity index (χ0v) is 11.7. The number of amides is 1. The number of rotatable bonds is 5. The number of carbonyl (C=O) groups excluding carboxylic acids is 1. The minimum absolute atomic E-state index is 0.124. The number of benzene rings is 2. The van der Waals surface area contributed by atoms with Gasteiger partial charge in [-0.2, -0.15) is 0 Å². The van der Waals surface area contributed by atoms with Gasteiger partial charge in [-0.05, 0) is 30.2 Å². The van der Waals surface area contributed by atoms with Crippen LogP contribution in [0.4, 0.5) is 5.69 Å². The average molecular weight is 283 g/mol. The molecule has 2 rings (SSSR count). The van der Waals surface area contributed by atoms with E-state index < -0.39 is 5.97 Å². The smallest absolute Gasteiger partial charge is 0.335 e. The maximum atomic E-state index is 12.1. The maximum absolute atomic E-state index is 12.1. The van der Waals surface area contributed by atoms with E-state index >= 15 is 0 Å². The van der Waals surface area contributed by atoms with Crippen LogP contribution in [0.15, 0.2) is 54.6 Å². The van der Waals surface area contributed by atoms with Gasteiger partial charge in [-0.1, -0.05) is 43.3 Å². The van der Waals surface area contributed by atoms with Gasteiger partial charge in [-0.15, -0.1) is 0 Å². The van der Waals surface area contributed by atoms with E-state index in [1.807, 2.05) is 37.3 Å². The van der Waals surface area contributed by atoms with E-state index in [0.717, 1.165) is 5.56 Å². The van der Waals surface area contributed by atoms with Crippen LogP contribution in [0, 0.1) is 5.92 Å². The van der Waals surface area contributed by atoms with E-state index in [2.05, 4.69) is 5.32 Å². The normalized spacial score (nSPS) is 11.7. The van der Waals surface area contributed by atoms with E-state index in [4.69, 9.17) is 5.11 Å². The van der Waals surface area contributed by atoms with Gasteiger partial charge in [0.2, 0.25) is 5.91 Å². The molecule has 0 aliphatic rings. The maximum Gasteiger partial charge on any atom is 0.335 e. The van der Waals surface area contributed by atoms with Crippen LogP contribution in [-0.2, 0) is 11.2 Å². The fraction of sp³-hybridized carbons (Fsp3) is 0.176. The van der Waals surface area contributed by atoms with Crippen LogP contribution in [0.1, 0.15) is 22.8 Å². The molecule has 0 spiro atoms. The zero-order chi connectivity index (χ0) is 15.2. The summed E-state index contributed by atoms with van der Waals surface area (Å²) in [5.74, 6) is -1.33. The molecule has 0 saturated carbocycles. The van der Waals surface area contributed by atoms with Crippen molar-refractivity contribution in [2.24, 2.45) is 5.92 Å². The molecule has 4 heteroatoms. The monoisotopic (exact) mass is 283 g/mol. The topological polar surface area (TPSA) is 66.4 Å². The van der Waals surface area contributed by atoms with Gasteiger partial charge in [0.05, 0.1) is 5.56 Å². The second kappa shape index (κ2) is 6.70. The molecule has 2 N–H and O–H groups in total. The van der Waals surface area contributed by atoms with Crippen LogP contribution in [-0.4, -0.2) is 17.0 Å². The third-order valence-electron chi connectivity index (χ3n) is 3.21. The number of carbonyl (C=O) groups is 2. The Morgan fingerprint density at radius 2 is 1.81 bits per heavy atom. The lowest BCUT2D eigenvalue weighted by atomic mass is 10.0. The lowest BCUT2D eigenvalue weighted by Crippen LogP contribution is -2.22. The average Bonchev–Trinajstić information content (AvgIpc) is 2.48. The molecule has 0 heterocycles. The number of carboxylic acid groups (broad SMARTS) is 1. The Morgan fingerprint density at radius 3 is 2.48 bits per heavy atom. The summed E-state index contributed by atoms with van der Waals surface area (Å²) in [6.45, 7) is 1.85. The predicted molar refractivity (Wildman–Crippen MR) is 81.3 cm³/mol. The van der Waals surface area contributed by atoms with Gasteiger partial charge in [0.15, 0.2) is 0 Å². The Hall–Kier alpha value is -2.62. The minimum atomic E-state index is -1.01. The van der Waals surface area contributed by atoms with Crippen LogP contribution in [0.5, 0.6) is 0 Å². The largest absolute Gasteiger partial charge is 0.478 e. The standard InChI is InChI=1S/C17H17NO3/c1-12(10-13-6-3-2-4-7-13)16(19)18-15-9-5-8-14(11-15)17(20)21/h2-9,11-12H,10H2,1H3,(H,18,19)(H,20,21). The van der Waals surface area contributed by atoms with E-state index in [1.165, 1.54) is 12.1 Å². The molecule has 1 amide bonds. The Kier molecular flexibility index (Phi) is 4.72. The first kappa shape index (κ1) is 14.8. The highest BCUT2D eigenvalue weighted by molar-refractivity contribution is 5.94. The molecule has 2 aromatic carbocycles. The quantitative estimate of drug-likeness (QED) is 0.885. The molecule has 1 unspecified atom stereocenters. The van der Waals surface area contributed by atoms with Gasteiger partial charge in [-0.25, -0.2) is 4.79 Å². The summed E-state index contributed by atoms with van der Waals surface area (Å²) in [6.07, 6.45) is 0.644. The van der Waals surface area contributed by atoms with Gasteiger partial charge in [0.1, 0.15) is 0 Å². The highest BCUT2D eigenvalue weighted by Gasteiger charge is 2.14. The highest BCUT2D eigenvalue weighted by Crippen LogP contribution is 2.14. The third kappa shape index (κ3) is 4.18. The Morgan fingerprint density at radius 1 is 1.10 bits per heavy atom. The van der Waals surface area contributed by atoms with E-state index in [9.17, 15) is 9.59 Å². The van der Waals surface area contributed by atoms with E-state index in [1.54, 1.807) is 12.1 Å². The first-order valence-electron chi connectivity index (χ1n) is 6.74. The van der Waals surface area contributed by atoms with Crippen molar-refractivity contribution < 1.29 is 14.7 Å². The molecule has 21 heavy (non-hydrogen) atoms. The molecular formula is C17H17NO3. The lowest BCUT2D eigenvalue weighted by Gasteiger charge is -2.12. The lowest BCUT2D eigenvalue weighted by molar-refractivity contribution is -0.119. The van der Waals surface area contributed by atoms with Crippen LogP contribution < -0.4 is 5.32 Å². The van der Waals surface area contributed by atoms with Gasteiger partial charge in [-0.3, -0.25) is 4.79 Å². The summed E-state index contributed by atoms with van der Waals surface area (Å²) in [5.41, 5.74) is 1.75. The molecule has 0 bridgehead atoms. The summed E-state index contributed by atoms with van der Waals surface area (Å²) in [4.78, 5) is 23.0. The first-order chi connectivity index (χ1) is 10.1. The van der Waals surface area contributed by atoms with Crippen molar-refractivity contribution in [1.82, 2.24) is 0 Å². The van der Waals surface area contributed by atoms with Crippen molar-refractivity contribution >= 4 is 17.6 Å². The Labute approximate surface area is 123 Å². The molecule has 0 radical (unpaired) electrons. The first-order valence-corrected chi connectivity index (χ1v) is 6.74. The van der Waals surface area contributed by atoms with E-state index in [-0.39, 0.29) is 17.4 Å². The number of hydrogen-bond acceptors (Lipinski definition) is 2. The van der Waals surface area contributed by atoms with Gasteiger partial charge in [0.25, 0.3) is 0 Å². The Bertz CT molecular complexity index is 637. The fourth-order valence-electron chi connectivity index (χ4n) is 2.06. The Balaban J connectivity index is 2.00. The molecule has 0 aliphatic carbocycles. The van der Waals surface area contributed by atoms with Gasteiger partial charge >= 0.3 is 5.97 Å². The second-order valence-corrected chi connectivity index (χ2v) is 4.97. The van der Waals surface area contributed by atoms with Gasteiger partial charge in [0, 0.05) is 11.6 Å². The van der Waals surface area contributed by atoms with Crippen molar-refractivity contribution in [3.8, 4) is 0 Å². The van der Waals surface area contributed by atoms with Crippen molar-refractivity contribution in [3.05, 3.63) is 65.7 Å². The molecular weight excluding hydrogens is 266 g/mol. The molecule has 0 saturated heterocycles. The van der Waals surface area contributed by atoms with Crippen molar-refractivity contribution in [2.45, 2.75) is 13.3 Å². The molecule has 1 atom stereocenters. The van der Waals surface area contributed by atoms with Crippen molar-refractivity contribution in [1.29, 1.82) is 0 Å². The summed E-state index contributed by atoms with van der Waals surface area (Å²) < 4.78 is 0. The van der Waals surface area contributed by atoms with E-state index in [0.29, 0.717) is 12.1 Å². The number of hydrogen-bond donors (Lipinski definition) is 2. The highest BCUT2D eigenvalue weighted by atomic mass is 16.4. The summed E-state index contributed by atoms with van der Waals surface area (Å²) in [5, 5.41) is 11.7. The molecule has 4 nitrogen and oxygen atoms in total. The van der Waals surface area contributed by atoms with Gasteiger partial charge < -0.3 is 10.4 Å². The minimum Gasteiger partial charge on any atom is -0.478 e. The molecule has 2 aromatic rings. The molecule has 108 valence electrons. The predicted octanol–water partition coefficient (Wildman–Crippen LogP) is 3.20. The van der Waals surface area contributed by atoms with Crippen molar-refractivity contribution in [3.63, 3.8) is 0 Å². The van der Waals surface area contributed by atoms with Crippen LogP contribution in [0.25, 0.3) is 0 Å². The number of aromatic carboxylic acids is 1. The van der Waals surface area contributed by atoms with Crippen LogP contribution in [0.3, 0.4) is 0 Å². The molecule has 0 fully saturated rings. The van der Waals surface area contributed by atoms with Crippen LogP contribution >= 0.6 is 0 Å². The summed E-state index contributed by atoms with van der Waals surface area (Å²) >= 11 is 0. The number of nitrogens with one attached hydrogen (secondary N) is 1. The van der Waals surface area contributed by atoms with Crippen molar-refractivity contribution in [2.75, 3.05) is 5.32 Å². The molecule has 0 aliphatic heterocycles. The summed E-state index contributed by atoms with van der Waals surface area (Å²) in [6, 6.07) is 16.0. The number of anilines is 1. The molecule has 0 aromatic heterocycles. The SMILES string of the molecule is CC(Cc1ccccc1)C(=O)Nc1cccc(C(=O)O)c1. The fourth-order valence-corrected chi connectivity index (χ4v) is 2.06. The number of carboxylic acids is 1.